The summed E-state index contributed by atoms with van der Waals surface area (Å²) in [6.07, 6.45) is -0.0420. The van der Waals surface area contributed by atoms with Crippen molar-refractivity contribution in [3.05, 3.63) is 23.8 Å². The smallest absolute Gasteiger partial charge is 0.491 e. The second-order valence-corrected chi connectivity index (χ2v) is 5.17. The number of rotatable bonds is 4. The largest absolute Gasteiger partial charge is 0.509 e. The third kappa shape index (κ3) is 3.90. The summed E-state index contributed by atoms with van der Waals surface area (Å²) in [5.41, 5.74) is -0.102. The zero-order valence-corrected chi connectivity index (χ0v) is 11.6. The Morgan fingerprint density at radius 3 is 2.75 bits per heavy atom. The summed E-state index contributed by atoms with van der Waals surface area (Å²) in [6, 6.07) is 3.58. The molecule has 1 heterocycles. The lowest BCUT2D eigenvalue weighted by Gasteiger charge is -2.30. The number of hydrogen-bond donors (Lipinski definition) is 0. The highest BCUT2D eigenvalue weighted by molar-refractivity contribution is 6.73. The standard InChI is InChI=1S/C13H18BF3NO2/c1-10-7-11(14(15,16)17)3-4-13(10)20-9-12-8-18(2)5-6-19-12/h3-4,7,12H,5-6,8-9H2,1-2H3/q-1. The topological polar surface area (TPSA) is 21.7 Å². The van der Waals surface area contributed by atoms with Crippen LogP contribution in [0.4, 0.5) is 12.9 Å². The Bertz CT molecular complexity index is 467. The second kappa shape index (κ2) is 6.05. The molecule has 1 unspecified atom stereocenters. The Kier molecular flexibility index (Phi) is 4.60. The van der Waals surface area contributed by atoms with E-state index in [0.29, 0.717) is 24.5 Å². The van der Waals surface area contributed by atoms with Crippen molar-refractivity contribution in [2.75, 3.05) is 33.4 Å². The predicted octanol–water partition coefficient (Wildman–Crippen LogP) is 1.76. The Balaban J connectivity index is 1.96. The van der Waals surface area contributed by atoms with Gasteiger partial charge in [0.25, 0.3) is 0 Å². The van der Waals surface area contributed by atoms with Crippen LogP contribution in [0.3, 0.4) is 0 Å². The highest BCUT2D eigenvalue weighted by Gasteiger charge is 2.26. The molecule has 1 fully saturated rings. The van der Waals surface area contributed by atoms with Crippen LogP contribution in [0.5, 0.6) is 5.75 Å². The molecule has 1 aliphatic rings. The minimum absolute atomic E-state index is 0.0420. The summed E-state index contributed by atoms with van der Waals surface area (Å²) in [4.78, 5) is 2.14. The van der Waals surface area contributed by atoms with Crippen LogP contribution in [-0.2, 0) is 4.74 Å². The van der Waals surface area contributed by atoms with E-state index in [1.165, 1.54) is 6.07 Å². The van der Waals surface area contributed by atoms with Gasteiger partial charge in [-0.25, -0.2) is 0 Å². The summed E-state index contributed by atoms with van der Waals surface area (Å²) < 4.78 is 49.0. The molecule has 1 aliphatic heterocycles. The van der Waals surface area contributed by atoms with Gasteiger partial charge in [-0.2, -0.15) is 0 Å². The van der Waals surface area contributed by atoms with Gasteiger partial charge in [-0.05, 0) is 25.6 Å². The lowest BCUT2D eigenvalue weighted by atomic mass is 9.79. The minimum atomic E-state index is -4.96. The molecule has 0 N–H and O–H groups in total. The van der Waals surface area contributed by atoms with Crippen LogP contribution in [0.2, 0.25) is 0 Å². The predicted molar refractivity (Wildman–Crippen MR) is 72.6 cm³/mol. The maximum atomic E-state index is 12.6. The summed E-state index contributed by atoms with van der Waals surface area (Å²) >= 11 is 0. The van der Waals surface area contributed by atoms with Gasteiger partial charge in [0.05, 0.1) is 6.61 Å². The maximum absolute atomic E-state index is 12.6. The van der Waals surface area contributed by atoms with Gasteiger partial charge in [0.15, 0.2) is 0 Å². The average Bonchev–Trinajstić information content (AvgIpc) is 2.36. The lowest BCUT2D eigenvalue weighted by molar-refractivity contribution is -0.0404. The van der Waals surface area contributed by atoms with Crippen LogP contribution < -0.4 is 10.2 Å². The zero-order chi connectivity index (χ0) is 14.8. The Labute approximate surface area is 116 Å². The number of nitrogens with zero attached hydrogens (tertiary/aromatic N) is 1. The fourth-order valence-electron chi connectivity index (χ4n) is 2.19. The number of ether oxygens (including phenoxy) is 2. The Morgan fingerprint density at radius 2 is 2.15 bits per heavy atom. The molecule has 112 valence electrons. The molecule has 1 atom stereocenters. The molecule has 7 heteroatoms. The first kappa shape index (κ1) is 15.2. The van der Waals surface area contributed by atoms with Gasteiger partial charge in [-0.1, -0.05) is 12.1 Å². The summed E-state index contributed by atoms with van der Waals surface area (Å²) in [6.45, 7) is -0.685. The quantitative estimate of drug-likeness (QED) is 0.788. The number of morpholine rings is 1. The molecule has 1 saturated heterocycles. The molecule has 0 spiro atoms. The molecule has 0 saturated carbocycles. The number of aryl methyl sites for hydroxylation is 1. The molecular formula is C13H18BF3NO2-. The van der Waals surface area contributed by atoms with Gasteiger partial charge in [0.2, 0.25) is 0 Å². The molecule has 1 aromatic rings. The van der Waals surface area contributed by atoms with E-state index in [0.717, 1.165) is 25.2 Å². The van der Waals surface area contributed by atoms with E-state index in [2.05, 4.69) is 4.90 Å². The van der Waals surface area contributed by atoms with Crippen molar-refractivity contribution < 1.29 is 22.4 Å². The monoisotopic (exact) mass is 288 g/mol. The van der Waals surface area contributed by atoms with Crippen molar-refractivity contribution >= 4 is 12.4 Å². The zero-order valence-electron chi connectivity index (χ0n) is 11.6. The number of benzene rings is 1. The van der Waals surface area contributed by atoms with Crippen LogP contribution in [0.25, 0.3) is 0 Å². The van der Waals surface area contributed by atoms with Crippen LogP contribution in [0, 0.1) is 6.92 Å². The summed E-state index contributed by atoms with van der Waals surface area (Å²) in [5.74, 6) is 0.477. The lowest BCUT2D eigenvalue weighted by Crippen LogP contribution is -2.42. The van der Waals surface area contributed by atoms with Crippen LogP contribution in [0.15, 0.2) is 18.2 Å². The van der Waals surface area contributed by atoms with Crippen molar-refractivity contribution in [2.45, 2.75) is 13.0 Å². The van der Waals surface area contributed by atoms with E-state index in [4.69, 9.17) is 9.47 Å². The normalized spacial score (nSPS) is 20.9. The van der Waals surface area contributed by atoms with Gasteiger partial charge in [-0.3, -0.25) is 0 Å². The third-order valence-electron chi connectivity index (χ3n) is 3.34. The fraction of sp³-hybridized carbons (Fsp3) is 0.538. The van der Waals surface area contributed by atoms with E-state index >= 15 is 0 Å². The SMILES string of the molecule is Cc1cc([B-](F)(F)F)ccc1OCC1CN(C)CCO1. The molecule has 2 rings (SSSR count). The van der Waals surface area contributed by atoms with Gasteiger partial charge >= 0.3 is 6.98 Å². The molecule has 0 aromatic heterocycles. The van der Waals surface area contributed by atoms with E-state index in [1.807, 2.05) is 7.05 Å². The van der Waals surface area contributed by atoms with Crippen LogP contribution in [-0.4, -0.2) is 51.3 Å². The fourth-order valence-corrected chi connectivity index (χ4v) is 2.19. The summed E-state index contributed by atoms with van der Waals surface area (Å²) in [7, 11) is 2.00. The first-order chi connectivity index (χ1) is 9.36. The molecular weight excluding hydrogens is 270 g/mol. The van der Waals surface area contributed by atoms with E-state index in [-0.39, 0.29) is 6.10 Å². The van der Waals surface area contributed by atoms with Gasteiger partial charge in [-0.15, -0.1) is 5.46 Å². The first-order valence-corrected chi connectivity index (χ1v) is 6.59. The average molecular weight is 288 g/mol. The van der Waals surface area contributed by atoms with E-state index < -0.39 is 12.4 Å². The van der Waals surface area contributed by atoms with Crippen molar-refractivity contribution in [1.29, 1.82) is 0 Å². The molecule has 0 bridgehead atoms. The van der Waals surface area contributed by atoms with Crippen LogP contribution >= 0.6 is 0 Å². The van der Waals surface area contributed by atoms with Crippen molar-refractivity contribution in [1.82, 2.24) is 4.90 Å². The second-order valence-electron chi connectivity index (χ2n) is 5.17. The Morgan fingerprint density at radius 1 is 1.40 bits per heavy atom. The third-order valence-corrected chi connectivity index (χ3v) is 3.34. The minimum Gasteiger partial charge on any atom is -0.491 e. The van der Waals surface area contributed by atoms with Crippen molar-refractivity contribution in [3.8, 4) is 5.75 Å². The molecule has 0 radical (unpaired) electrons. The van der Waals surface area contributed by atoms with E-state index in [9.17, 15) is 12.9 Å². The molecule has 0 aliphatic carbocycles. The number of hydrogen-bond acceptors (Lipinski definition) is 3. The highest BCUT2D eigenvalue weighted by Crippen LogP contribution is 2.19. The molecule has 1 aromatic carbocycles. The molecule has 3 nitrogen and oxygen atoms in total. The first-order valence-electron chi connectivity index (χ1n) is 6.59. The highest BCUT2D eigenvalue weighted by atomic mass is 19.4. The maximum Gasteiger partial charge on any atom is 0.509 e. The van der Waals surface area contributed by atoms with Crippen LogP contribution in [0.1, 0.15) is 5.56 Å². The van der Waals surface area contributed by atoms with Crippen molar-refractivity contribution in [2.24, 2.45) is 0 Å². The van der Waals surface area contributed by atoms with Gasteiger partial charge < -0.3 is 27.3 Å². The number of likely N-dealkylation sites (N-methyl/N-ethyl adjacent to an activating group) is 1. The number of halogens is 3. The Hall–Kier alpha value is -1.21. The summed E-state index contributed by atoms with van der Waals surface area (Å²) in [5, 5.41) is 0. The van der Waals surface area contributed by atoms with Gasteiger partial charge in [0, 0.05) is 13.1 Å². The van der Waals surface area contributed by atoms with E-state index in [1.54, 1.807) is 6.92 Å². The van der Waals surface area contributed by atoms with Gasteiger partial charge in [0.1, 0.15) is 18.5 Å². The molecule has 0 amide bonds. The van der Waals surface area contributed by atoms with Crippen molar-refractivity contribution in [3.63, 3.8) is 0 Å². The molecule has 20 heavy (non-hydrogen) atoms.